The highest BCUT2D eigenvalue weighted by Crippen LogP contribution is 2.20. The molecule has 0 saturated carbocycles. The van der Waals surface area contributed by atoms with E-state index in [2.05, 4.69) is 10.3 Å². The van der Waals surface area contributed by atoms with Crippen molar-refractivity contribution in [3.63, 3.8) is 0 Å². The van der Waals surface area contributed by atoms with Gasteiger partial charge in [-0.1, -0.05) is 12.1 Å². The van der Waals surface area contributed by atoms with Gasteiger partial charge in [0.05, 0.1) is 19.0 Å². The average Bonchev–Trinajstić information content (AvgIpc) is 2.73. The molecule has 0 radical (unpaired) electrons. The predicted octanol–water partition coefficient (Wildman–Crippen LogP) is 4.48. The van der Waals surface area contributed by atoms with E-state index in [1.165, 1.54) is 0 Å². The fraction of sp³-hybridized carbons (Fsp3) is 0.478. The third kappa shape index (κ3) is 6.54. The highest BCUT2D eigenvalue weighted by atomic mass is 16.6. The summed E-state index contributed by atoms with van der Waals surface area (Å²) in [4.78, 5) is 18.5. The van der Waals surface area contributed by atoms with Crippen LogP contribution >= 0.6 is 0 Å². The number of benzene rings is 1. The molecule has 7 heteroatoms. The van der Waals surface area contributed by atoms with Gasteiger partial charge in [-0.15, -0.1) is 0 Å². The second kappa shape index (κ2) is 9.69. The van der Waals surface area contributed by atoms with Crippen LogP contribution in [0.5, 0.6) is 11.6 Å². The third-order valence-electron chi connectivity index (χ3n) is 4.73. The molecule has 1 N–H and O–H groups in total. The van der Waals surface area contributed by atoms with Crippen molar-refractivity contribution in [2.75, 3.05) is 25.5 Å². The minimum atomic E-state index is -0.483. The maximum Gasteiger partial charge on any atom is 0.410 e. The van der Waals surface area contributed by atoms with Crippen LogP contribution in [0, 0.1) is 0 Å². The summed E-state index contributed by atoms with van der Waals surface area (Å²) in [5.41, 5.74) is 1.47. The molecular weight excluding hydrogens is 382 g/mol. The maximum absolute atomic E-state index is 12.3. The number of hydrogen-bond acceptors (Lipinski definition) is 6. The van der Waals surface area contributed by atoms with Crippen LogP contribution < -0.4 is 14.8 Å². The van der Waals surface area contributed by atoms with Crippen LogP contribution in [-0.4, -0.2) is 47.8 Å². The van der Waals surface area contributed by atoms with Crippen molar-refractivity contribution in [1.29, 1.82) is 0 Å². The van der Waals surface area contributed by atoms with E-state index in [4.69, 9.17) is 14.2 Å². The van der Waals surface area contributed by atoms with E-state index in [1.54, 1.807) is 18.2 Å². The molecular formula is C23H31N3O4. The molecule has 1 amide bonds. The van der Waals surface area contributed by atoms with E-state index in [-0.39, 0.29) is 12.1 Å². The van der Waals surface area contributed by atoms with Crippen molar-refractivity contribution in [2.24, 2.45) is 0 Å². The Morgan fingerprint density at radius 3 is 2.60 bits per heavy atom. The Balaban J connectivity index is 1.49. The highest BCUT2D eigenvalue weighted by Gasteiger charge is 2.27. The summed E-state index contributed by atoms with van der Waals surface area (Å²) >= 11 is 0. The molecule has 0 unspecified atom stereocenters. The van der Waals surface area contributed by atoms with E-state index in [0.29, 0.717) is 19.0 Å². The first-order valence-corrected chi connectivity index (χ1v) is 10.3. The number of piperidine rings is 1. The second-order valence-corrected chi connectivity index (χ2v) is 8.43. The minimum absolute atomic E-state index is 0.166. The fourth-order valence-electron chi connectivity index (χ4n) is 3.25. The summed E-state index contributed by atoms with van der Waals surface area (Å²) in [6.07, 6.45) is 3.44. The number of nitrogens with zero attached hydrogens (tertiary/aromatic N) is 2. The van der Waals surface area contributed by atoms with Gasteiger partial charge in [0.25, 0.3) is 0 Å². The number of aromatic nitrogens is 1. The Hall–Kier alpha value is -2.96. The SMILES string of the molecule is COc1ccc(COc2ccc(N[C@@H]3CCCN(C(=O)OC(C)(C)C)C3)cn2)cc1. The number of hydrogen-bond donors (Lipinski definition) is 1. The largest absolute Gasteiger partial charge is 0.497 e. The van der Waals surface area contributed by atoms with Gasteiger partial charge in [-0.05, 0) is 57.4 Å². The molecule has 2 heterocycles. The lowest BCUT2D eigenvalue weighted by Gasteiger charge is -2.34. The number of methoxy groups -OCH3 is 1. The fourth-order valence-corrected chi connectivity index (χ4v) is 3.25. The maximum atomic E-state index is 12.3. The van der Waals surface area contributed by atoms with Crippen LogP contribution in [0.3, 0.4) is 0 Å². The molecule has 0 bridgehead atoms. The molecule has 30 heavy (non-hydrogen) atoms. The minimum Gasteiger partial charge on any atom is -0.497 e. The molecule has 1 atom stereocenters. The molecule has 1 aliphatic rings. The number of carbonyl (C=O) groups excluding carboxylic acids is 1. The number of amides is 1. The predicted molar refractivity (Wildman–Crippen MR) is 116 cm³/mol. The lowest BCUT2D eigenvalue weighted by molar-refractivity contribution is 0.0206. The molecule has 162 valence electrons. The summed E-state index contributed by atoms with van der Waals surface area (Å²) in [5, 5.41) is 3.46. The molecule has 0 spiro atoms. The van der Waals surface area contributed by atoms with E-state index in [1.807, 2.05) is 57.2 Å². The normalized spacial score (nSPS) is 16.7. The summed E-state index contributed by atoms with van der Waals surface area (Å²) in [5.74, 6) is 1.38. The van der Waals surface area contributed by atoms with E-state index in [0.717, 1.165) is 36.4 Å². The lowest BCUT2D eigenvalue weighted by atomic mass is 10.1. The van der Waals surface area contributed by atoms with Crippen molar-refractivity contribution >= 4 is 11.8 Å². The molecule has 1 aromatic carbocycles. The van der Waals surface area contributed by atoms with Crippen LogP contribution in [0.25, 0.3) is 0 Å². The molecule has 2 aromatic rings. The Kier molecular flexibility index (Phi) is 7.03. The van der Waals surface area contributed by atoms with Crippen molar-refractivity contribution < 1.29 is 19.0 Å². The van der Waals surface area contributed by atoms with Gasteiger partial charge < -0.3 is 24.4 Å². The summed E-state index contributed by atoms with van der Waals surface area (Å²) in [6, 6.07) is 11.7. The van der Waals surface area contributed by atoms with Gasteiger partial charge in [-0.2, -0.15) is 0 Å². The first-order chi connectivity index (χ1) is 14.3. The number of anilines is 1. The van der Waals surface area contributed by atoms with Gasteiger partial charge in [-0.3, -0.25) is 0 Å². The summed E-state index contributed by atoms with van der Waals surface area (Å²) in [6.45, 7) is 7.43. The van der Waals surface area contributed by atoms with Crippen LogP contribution in [0.1, 0.15) is 39.2 Å². The Morgan fingerprint density at radius 2 is 1.97 bits per heavy atom. The van der Waals surface area contributed by atoms with Gasteiger partial charge in [0, 0.05) is 25.2 Å². The average molecular weight is 414 g/mol. The lowest BCUT2D eigenvalue weighted by Crippen LogP contribution is -2.46. The number of likely N-dealkylation sites (tertiary alicyclic amines) is 1. The molecule has 1 saturated heterocycles. The van der Waals surface area contributed by atoms with E-state index < -0.39 is 5.60 Å². The van der Waals surface area contributed by atoms with Crippen molar-refractivity contribution in [3.8, 4) is 11.6 Å². The molecule has 1 fully saturated rings. The van der Waals surface area contributed by atoms with Crippen LogP contribution in [0.2, 0.25) is 0 Å². The number of rotatable bonds is 6. The standard InChI is InChI=1S/C23H31N3O4/c1-23(2,3)30-22(27)26-13-5-6-19(15-26)25-18-9-12-21(24-14-18)29-16-17-7-10-20(28-4)11-8-17/h7-12,14,19,25H,5-6,13,15-16H2,1-4H3/t19-/m1/s1. The van der Waals surface area contributed by atoms with Crippen molar-refractivity contribution in [2.45, 2.75) is 51.9 Å². The Morgan fingerprint density at radius 1 is 1.20 bits per heavy atom. The molecule has 7 nitrogen and oxygen atoms in total. The van der Waals surface area contributed by atoms with Crippen LogP contribution in [0.15, 0.2) is 42.6 Å². The van der Waals surface area contributed by atoms with E-state index >= 15 is 0 Å². The van der Waals surface area contributed by atoms with Gasteiger partial charge >= 0.3 is 6.09 Å². The van der Waals surface area contributed by atoms with Crippen LogP contribution in [0.4, 0.5) is 10.5 Å². The zero-order valence-corrected chi connectivity index (χ0v) is 18.2. The topological polar surface area (TPSA) is 72.9 Å². The number of ether oxygens (including phenoxy) is 3. The highest BCUT2D eigenvalue weighted by molar-refractivity contribution is 5.68. The Labute approximate surface area is 178 Å². The number of carbonyl (C=O) groups is 1. The molecule has 1 aromatic heterocycles. The smallest absolute Gasteiger partial charge is 0.410 e. The van der Waals surface area contributed by atoms with Crippen molar-refractivity contribution in [3.05, 3.63) is 48.2 Å². The monoisotopic (exact) mass is 413 g/mol. The van der Waals surface area contributed by atoms with Gasteiger partial charge in [0.1, 0.15) is 18.0 Å². The second-order valence-electron chi connectivity index (χ2n) is 8.43. The third-order valence-corrected chi connectivity index (χ3v) is 4.73. The first kappa shape index (κ1) is 21.7. The summed E-state index contributed by atoms with van der Waals surface area (Å²) in [7, 11) is 1.65. The molecule has 1 aliphatic heterocycles. The Bertz CT molecular complexity index is 816. The van der Waals surface area contributed by atoms with Gasteiger partial charge in [-0.25, -0.2) is 9.78 Å². The molecule has 3 rings (SSSR count). The van der Waals surface area contributed by atoms with Crippen LogP contribution in [-0.2, 0) is 11.3 Å². The summed E-state index contributed by atoms with van der Waals surface area (Å²) < 4.78 is 16.4. The molecule has 0 aliphatic carbocycles. The van der Waals surface area contributed by atoms with Gasteiger partial charge in [0.15, 0.2) is 0 Å². The quantitative estimate of drug-likeness (QED) is 0.753. The van der Waals surface area contributed by atoms with E-state index in [9.17, 15) is 4.79 Å². The first-order valence-electron chi connectivity index (χ1n) is 10.3. The van der Waals surface area contributed by atoms with Gasteiger partial charge in [0.2, 0.25) is 5.88 Å². The number of pyridine rings is 1. The zero-order chi connectivity index (χ0) is 21.6. The van der Waals surface area contributed by atoms with Crippen molar-refractivity contribution in [1.82, 2.24) is 9.88 Å². The zero-order valence-electron chi connectivity index (χ0n) is 18.2. The number of nitrogens with one attached hydrogen (secondary N) is 1.